The van der Waals surface area contributed by atoms with E-state index in [4.69, 9.17) is 33.7 Å². The van der Waals surface area contributed by atoms with Crippen LogP contribution in [0.3, 0.4) is 0 Å². The van der Waals surface area contributed by atoms with Crippen LogP contribution in [0.2, 0.25) is 10.0 Å². The van der Waals surface area contributed by atoms with Gasteiger partial charge in [0.05, 0.1) is 20.2 Å². The fourth-order valence-corrected chi connectivity index (χ4v) is 1.96. The van der Waals surface area contributed by atoms with Crippen LogP contribution in [0.5, 0.6) is 11.6 Å². The lowest BCUT2D eigenvalue weighted by Gasteiger charge is -2.11. The predicted molar refractivity (Wildman–Crippen MR) is 77.6 cm³/mol. The summed E-state index contributed by atoms with van der Waals surface area (Å²) in [6, 6.07) is 4.98. The van der Waals surface area contributed by atoms with Gasteiger partial charge in [-0.3, -0.25) is 0 Å². The Morgan fingerprint density at radius 3 is 2.67 bits per heavy atom. The van der Waals surface area contributed by atoms with E-state index in [0.29, 0.717) is 27.4 Å². The first-order chi connectivity index (χ1) is 8.49. The molecule has 1 aromatic carbocycles. The summed E-state index contributed by atoms with van der Waals surface area (Å²) >= 11 is 15.2. The minimum atomic E-state index is 0.379. The molecule has 1 aromatic heterocycles. The summed E-state index contributed by atoms with van der Waals surface area (Å²) in [5.74, 6) is 0.850. The van der Waals surface area contributed by atoms with E-state index >= 15 is 0 Å². The zero-order chi connectivity index (χ0) is 13.3. The molecule has 2 rings (SSSR count). The van der Waals surface area contributed by atoms with Gasteiger partial charge < -0.3 is 10.5 Å². The zero-order valence-electron chi connectivity index (χ0n) is 9.38. The number of benzene rings is 1. The van der Waals surface area contributed by atoms with Crippen LogP contribution in [0.4, 0.5) is 5.69 Å². The maximum absolute atomic E-state index is 5.92. The summed E-state index contributed by atoms with van der Waals surface area (Å²) in [6.07, 6.45) is 1.66. The standard InChI is InChI=1S/C12H9BrCl2N2O/c1-6-2-3-17-12(11(6)13)18-10-5-8(15)7(14)4-9(10)16/h2-5H,16H2,1H3. The molecule has 1 heterocycles. The summed E-state index contributed by atoms with van der Waals surface area (Å²) in [4.78, 5) is 4.13. The lowest BCUT2D eigenvalue weighted by Crippen LogP contribution is -1.95. The van der Waals surface area contributed by atoms with Gasteiger partial charge in [0.2, 0.25) is 5.88 Å². The summed E-state index contributed by atoms with van der Waals surface area (Å²) in [7, 11) is 0. The highest BCUT2D eigenvalue weighted by molar-refractivity contribution is 9.10. The molecule has 0 atom stereocenters. The molecule has 6 heteroatoms. The Kier molecular flexibility index (Phi) is 4.00. The Balaban J connectivity index is 2.40. The Morgan fingerprint density at radius 2 is 1.94 bits per heavy atom. The topological polar surface area (TPSA) is 48.1 Å². The number of nitrogens with zero attached hydrogens (tertiary/aromatic N) is 1. The molecule has 0 aliphatic heterocycles. The van der Waals surface area contributed by atoms with Gasteiger partial charge in [-0.25, -0.2) is 4.98 Å². The highest BCUT2D eigenvalue weighted by Gasteiger charge is 2.11. The molecule has 2 aromatic rings. The van der Waals surface area contributed by atoms with Crippen LogP contribution in [0.1, 0.15) is 5.56 Å². The molecule has 18 heavy (non-hydrogen) atoms. The summed E-state index contributed by atoms with van der Waals surface area (Å²) < 4.78 is 6.40. The minimum Gasteiger partial charge on any atom is -0.436 e. The average Bonchev–Trinajstić information content (AvgIpc) is 2.32. The van der Waals surface area contributed by atoms with Gasteiger partial charge in [0.15, 0.2) is 5.75 Å². The smallest absolute Gasteiger partial charge is 0.233 e. The Hall–Kier alpha value is -0.970. The highest BCUT2D eigenvalue weighted by atomic mass is 79.9. The minimum absolute atomic E-state index is 0.379. The van der Waals surface area contributed by atoms with E-state index in [-0.39, 0.29) is 0 Å². The van der Waals surface area contributed by atoms with Gasteiger partial charge in [-0.1, -0.05) is 23.2 Å². The number of pyridine rings is 1. The molecule has 0 aliphatic rings. The van der Waals surface area contributed by atoms with E-state index in [1.54, 1.807) is 18.3 Å². The fraction of sp³-hybridized carbons (Fsp3) is 0.0833. The third-order valence-electron chi connectivity index (χ3n) is 2.31. The second kappa shape index (κ2) is 5.34. The molecule has 0 radical (unpaired) electrons. The molecule has 0 bridgehead atoms. The van der Waals surface area contributed by atoms with Crippen molar-refractivity contribution >= 4 is 44.8 Å². The first-order valence-corrected chi connectivity index (χ1v) is 6.57. The van der Waals surface area contributed by atoms with E-state index in [1.807, 2.05) is 13.0 Å². The third kappa shape index (κ3) is 2.71. The molecule has 2 N–H and O–H groups in total. The van der Waals surface area contributed by atoms with Crippen molar-refractivity contribution in [3.63, 3.8) is 0 Å². The lowest BCUT2D eigenvalue weighted by atomic mass is 10.3. The van der Waals surface area contributed by atoms with Gasteiger partial charge in [-0.15, -0.1) is 0 Å². The average molecular weight is 348 g/mol. The van der Waals surface area contributed by atoms with Crippen LogP contribution < -0.4 is 10.5 Å². The molecule has 3 nitrogen and oxygen atoms in total. The van der Waals surface area contributed by atoms with E-state index < -0.39 is 0 Å². The van der Waals surface area contributed by atoms with Gasteiger partial charge in [-0.05, 0) is 40.5 Å². The SMILES string of the molecule is Cc1ccnc(Oc2cc(Cl)c(Cl)cc2N)c1Br. The normalized spacial score (nSPS) is 10.4. The maximum atomic E-state index is 5.92. The van der Waals surface area contributed by atoms with Crippen LogP contribution in [-0.2, 0) is 0 Å². The Bertz CT molecular complexity index is 605. The number of aryl methyl sites for hydroxylation is 1. The Labute approximate surface area is 123 Å². The van der Waals surface area contributed by atoms with Crippen molar-refractivity contribution in [3.05, 3.63) is 44.5 Å². The maximum Gasteiger partial charge on any atom is 0.233 e. The first-order valence-electron chi connectivity index (χ1n) is 5.02. The molecule has 0 saturated heterocycles. The number of nitrogens with two attached hydrogens (primary N) is 1. The van der Waals surface area contributed by atoms with Gasteiger partial charge >= 0.3 is 0 Å². The van der Waals surface area contributed by atoms with Crippen molar-refractivity contribution in [2.24, 2.45) is 0 Å². The van der Waals surface area contributed by atoms with Crippen LogP contribution in [0, 0.1) is 6.92 Å². The number of hydrogen-bond acceptors (Lipinski definition) is 3. The predicted octanol–water partition coefficient (Wildman–Crippen LogP) is 4.83. The van der Waals surface area contributed by atoms with Crippen molar-refractivity contribution in [1.29, 1.82) is 0 Å². The molecular formula is C12H9BrCl2N2O. The molecule has 94 valence electrons. The lowest BCUT2D eigenvalue weighted by molar-refractivity contribution is 0.461. The van der Waals surface area contributed by atoms with E-state index in [2.05, 4.69) is 20.9 Å². The second-order valence-corrected chi connectivity index (χ2v) is 5.26. The molecular weight excluding hydrogens is 339 g/mol. The number of nitrogen functional groups attached to an aromatic ring is 1. The molecule has 0 amide bonds. The quantitative estimate of drug-likeness (QED) is 0.791. The van der Waals surface area contributed by atoms with Gasteiger partial charge in [0.1, 0.15) is 0 Å². The van der Waals surface area contributed by atoms with Crippen molar-refractivity contribution in [2.75, 3.05) is 5.73 Å². The number of anilines is 1. The van der Waals surface area contributed by atoms with Gasteiger partial charge in [0, 0.05) is 12.3 Å². The summed E-state index contributed by atoms with van der Waals surface area (Å²) in [5.41, 5.74) is 7.23. The van der Waals surface area contributed by atoms with Crippen LogP contribution in [-0.4, -0.2) is 4.98 Å². The van der Waals surface area contributed by atoms with Crippen molar-refractivity contribution < 1.29 is 4.74 Å². The summed E-state index contributed by atoms with van der Waals surface area (Å²) in [6.45, 7) is 1.94. The number of halogens is 3. The second-order valence-electron chi connectivity index (χ2n) is 3.65. The third-order valence-corrected chi connectivity index (χ3v) is 4.00. The van der Waals surface area contributed by atoms with Crippen LogP contribution in [0.15, 0.2) is 28.9 Å². The molecule has 0 aliphatic carbocycles. The van der Waals surface area contributed by atoms with Crippen LogP contribution >= 0.6 is 39.1 Å². The molecule has 0 unspecified atom stereocenters. The first kappa shape index (κ1) is 13.5. The van der Waals surface area contributed by atoms with Gasteiger partial charge in [0.25, 0.3) is 0 Å². The molecule has 0 fully saturated rings. The van der Waals surface area contributed by atoms with Crippen LogP contribution in [0.25, 0.3) is 0 Å². The zero-order valence-corrected chi connectivity index (χ0v) is 12.5. The van der Waals surface area contributed by atoms with E-state index in [1.165, 1.54) is 0 Å². The Morgan fingerprint density at radius 1 is 1.28 bits per heavy atom. The number of rotatable bonds is 2. The molecule has 0 saturated carbocycles. The highest BCUT2D eigenvalue weighted by Crippen LogP contribution is 2.37. The van der Waals surface area contributed by atoms with E-state index in [0.717, 1.165) is 10.0 Å². The number of ether oxygens (including phenoxy) is 1. The number of aromatic nitrogens is 1. The monoisotopic (exact) mass is 346 g/mol. The number of hydrogen-bond donors (Lipinski definition) is 1. The molecule has 0 spiro atoms. The summed E-state index contributed by atoms with van der Waals surface area (Å²) in [5, 5.41) is 0.766. The fourth-order valence-electron chi connectivity index (χ4n) is 1.32. The van der Waals surface area contributed by atoms with Crippen molar-refractivity contribution in [1.82, 2.24) is 4.98 Å². The largest absolute Gasteiger partial charge is 0.436 e. The van der Waals surface area contributed by atoms with Gasteiger partial charge in [-0.2, -0.15) is 0 Å². The van der Waals surface area contributed by atoms with Crippen molar-refractivity contribution in [2.45, 2.75) is 6.92 Å². The van der Waals surface area contributed by atoms with Crippen molar-refractivity contribution in [3.8, 4) is 11.6 Å². The van der Waals surface area contributed by atoms with E-state index in [9.17, 15) is 0 Å².